The quantitative estimate of drug-likeness (QED) is 0.591. The first kappa shape index (κ1) is 14.5. The number of hydrogen-bond acceptors (Lipinski definition) is 3. The van der Waals surface area contributed by atoms with Crippen molar-refractivity contribution in [1.82, 2.24) is 4.98 Å². The maximum Gasteiger partial charge on any atom is 0.317 e. The Morgan fingerprint density at radius 1 is 1.04 bits per heavy atom. The average Bonchev–Trinajstić information content (AvgIpc) is 3.16. The zero-order chi connectivity index (χ0) is 16.4. The third-order valence-electron chi connectivity index (χ3n) is 3.36. The first-order valence-electron chi connectivity index (χ1n) is 6.77. The number of anilines is 1. The number of amides is 3. The second-order valence-corrected chi connectivity index (χ2v) is 4.92. The molecule has 1 aromatic carbocycles. The molecule has 3 aromatic rings. The molecule has 0 aliphatic rings. The smallest absolute Gasteiger partial charge is 0.317 e. The van der Waals surface area contributed by atoms with E-state index < -0.39 is 11.9 Å². The predicted octanol–water partition coefficient (Wildman–Crippen LogP) is 2.53. The first-order valence-corrected chi connectivity index (χ1v) is 6.77. The minimum atomic E-state index is -0.784. The standard InChI is InChI=1S/C16H14N4O3/c17-14(21)12-7-13(19-15(12)20-16(18)22)10-3-1-2-9(6-10)11-4-5-23-8-11/h1-8,19H,(H2,17,21)(H3,18,20,22). The summed E-state index contributed by atoms with van der Waals surface area (Å²) in [4.78, 5) is 25.5. The summed E-state index contributed by atoms with van der Waals surface area (Å²) in [6, 6.07) is 10.3. The number of urea groups is 1. The van der Waals surface area contributed by atoms with Gasteiger partial charge < -0.3 is 20.9 Å². The summed E-state index contributed by atoms with van der Waals surface area (Å²) in [6.07, 6.45) is 3.24. The van der Waals surface area contributed by atoms with Crippen LogP contribution in [0, 0.1) is 0 Å². The molecule has 3 amide bonds. The first-order chi connectivity index (χ1) is 11.0. The molecule has 0 radical (unpaired) electrons. The van der Waals surface area contributed by atoms with Gasteiger partial charge in [0.1, 0.15) is 5.82 Å². The molecule has 0 aliphatic heterocycles. The Morgan fingerprint density at radius 2 is 1.83 bits per heavy atom. The lowest BCUT2D eigenvalue weighted by Gasteiger charge is -2.02. The number of nitrogens with one attached hydrogen (secondary N) is 2. The number of H-pyrrole nitrogens is 1. The Balaban J connectivity index is 2.03. The molecule has 0 unspecified atom stereocenters. The Bertz CT molecular complexity index is 865. The lowest BCUT2D eigenvalue weighted by atomic mass is 10.0. The number of primary amides is 2. The van der Waals surface area contributed by atoms with Gasteiger partial charge in [-0.2, -0.15) is 0 Å². The molecule has 7 nitrogen and oxygen atoms in total. The summed E-state index contributed by atoms with van der Waals surface area (Å²) >= 11 is 0. The molecule has 3 rings (SSSR count). The Kier molecular flexibility index (Phi) is 3.60. The van der Waals surface area contributed by atoms with Crippen molar-refractivity contribution < 1.29 is 14.0 Å². The molecule has 0 bridgehead atoms. The summed E-state index contributed by atoms with van der Waals surface area (Å²) in [7, 11) is 0. The fourth-order valence-corrected chi connectivity index (χ4v) is 2.32. The van der Waals surface area contributed by atoms with Gasteiger partial charge in [-0.05, 0) is 29.3 Å². The van der Waals surface area contributed by atoms with E-state index in [1.54, 1.807) is 18.6 Å². The minimum Gasteiger partial charge on any atom is -0.472 e. The third kappa shape index (κ3) is 2.93. The van der Waals surface area contributed by atoms with E-state index in [9.17, 15) is 9.59 Å². The highest BCUT2D eigenvalue weighted by Crippen LogP contribution is 2.29. The lowest BCUT2D eigenvalue weighted by molar-refractivity contribution is 0.100. The van der Waals surface area contributed by atoms with Crippen molar-refractivity contribution >= 4 is 17.8 Å². The van der Waals surface area contributed by atoms with Gasteiger partial charge in [0.25, 0.3) is 5.91 Å². The molecule has 2 heterocycles. The molecular weight excluding hydrogens is 296 g/mol. The van der Waals surface area contributed by atoms with Gasteiger partial charge in [0, 0.05) is 11.3 Å². The number of furan rings is 1. The summed E-state index contributed by atoms with van der Waals surface area (Å²) in [6.45, 7) is 0. The molecule has 0 saturated heterocycles. The van der Waals surface area contributed by atoms with Gasteiger partial charge in [-0.1, -0.05) is 18.2 Å². The zero-order valence-corrected chi connectivity index (χ0v) is 12.0. The van der Waals surface area contributed by atoms with E-state index in [4.69, 9.17) is 15.9 Å². The zero-order valence-electron chi connectivity index (χ0n) is 12.0. The van der Waals surface area contributed by atoms with Crippen molar-refractivity contribution in [2.24, 2.45) is 11.5 Å². The second-order valence-electron chi connectivity index (χ2n) is 4.92. The summed E-state index contributed by atoms with van der Waals surface area (Å²) in [5, 5.41) is 2.35. The van der Waals surface area contributed by atoms with Crippen LogP contribution < -0.4 is 16.8 Å². The van der Waals surface area contributed by atoms with Crippen LogP contribution in [0.2, 0.25) is 0 Å². The third-order valence-corrected chi connectivity index (χ3v) is 3.36. The van der Waals surface area contributed by atoms with E-state index in [1.165, 1.54) is 0 Å². The predicted molar refractivity (Wildman–Crippen MR) is 85.7 cm³/mol. The fraction of sp³-hybridized carbons (Fsp3) is 0. The highest BCUT2D eigenvalue weighted by atomic mass is 16.3. The van der Waals surface area contributed by atoms with E-state index in [1.807, 2.05) is 30.3 Å². The number of carbonyl (C=O) groups excluding carboxylic acids is 2. The number of nitrogens with two attached hydrogens (primary N) is 2. The molecule has 116 valence electrons. The average molecular weight is 310 g/mol. The van der Waals surface area contributed by atoms with Crippen LogP contribution in [0.3, 0.4) is 0 Å². The van der Waals surface area contributed by atoms with E-state index in [2.05, 4.69) is 10.3 Å². The van der Waals surface area contributed by atoms with Crippen molar-refractivity contribution in [3.63, 3.8) is 0 Å². The van der Waals surface area contributed by atoms with Crippen molar-refractivity contribution in [2.45, 2.75) is 0 Å². The molecule has 7 heteroatoms. The topological polar surface area (TPSA) is 127 Å². The lowest BCUT2D eigenvalue weighted by Crippen LogP contribution is -2.22. The molecular formula is C16H14N4O3. The number of rotatable bonds is 4. The van der Waals surface area contributed by atoms with Gasteiger partial charge in [0.15, 0.2) is 0 Å². The summed E-state index contributed by atoms with van der Waals surface area (Å²) in [5.41, 5.74) is 13.9. The van der Waals surface area contributed by atoms with E-state index in [0.29, 0.717) is 5.69 Å². The number of carbonyl (C=O) groups is 2. The highest BCUT2D eigenvalue weighted by molar-refractivity contribution is 6.03. The van der Waals surface area contributed by atoms with Crippen LogP contribution in [0.4, 0.5) is 10.6 Å². The molecule has 6 N–H and O–H groups in total. The number of benzene rings is 1. The molecule has 0 spiro atoms. The molecule has 0 atom stereocenters. The van der Waals surface area contributed by atoms with Crippen molar-refractivity contribution in [3.05, 3.63) is 54.5 Å². The van der Waals surface area contributed by atoms with E-state index in [0.717, 1.165) is 16.7 Å². The molecule has 2 aromatic heterocycles. The number of aromatic amines is 1. The highest BCUT2D eigenvalue weighted by Gasteiger charge is 2.15. The normalized spacial score (nSPS) is 10.4. The van der Waals surface area contributed by atoms with Gasteiger partial charge in [-0.15, -0.1) is 0 Å². The largest absolute Gasteiger partial charge is 0.472 e. The SMILES string of the molecule is NC(=O)Nc1[nH]c(-c2cccc(-c3ccoc3)c2)cc1C(N)=O. The van der Waals surface area contributed by atoms with Gasteiger partial charge in [-0.25, -0.2) is 4.79 Å². The number of hydrogen-bond donors (Lipinski definition) is 4. The van der Waals surface area contributed by atoms with Crippen LogP contribution in [-0.2, 0) is 0 Å². The molecule has 0 saturated carbocycles. The second kappa shape index (κ2) is 5.72. The maximum absolute atomic E-state index is 11.5. The molecule has 0 fully saturated rings. The Labute approximate surface area is 131 Å². The van der Waals surface area contributed by atoms with Gasteiger partial charge in [0.2, 0.25) is 0 Å². The minimum absolute atomic E-state index is 0.160. The molecule has 0 aliphatic carbocycles. The van der Waals surface area contributed by atoms with Crippen LogP contribution in [-0.4, -0.2) is 16.9 Å². The maximum atomic E-state index is 11.5. The van der Waals surface area contributed by atoms with Crippen molar-refractivity contribution in [1.29, 1.82) is 0 Å². The van der Waals surface area contributed by atoms with E-state index >= 15 is 0 Å². The van der Waals surface area contributed by atoms with Crippen LogP contribution in [0.25, 0.3) is 22.4 Å². The van der Waals surface area contributed by atoms with Crippen LogP contribution in [0.15, 0.2) is 53.3 Å². The van der Waals surface area contributed by atoms with Gasteiger partial charge in [-0.3, -0.25) is 10.1 Å². The monoisotopic (exact) mass is 310 g/mol. The summed E-state index contributed by atoms with van der Waals surface area (Å²) < 4.78 is 5.08. The number of aromatic nitrogens is 1. The Hall–Kier alpha value is -3.48. The molecule has 23 heavy (non-hydrogen) atoms. The van der Waals surface area contributed by atoms with Crippen LogP contribution in [0.1, 0.15) is 10.4 Å². The van der Waals surface area contributed by atoms with E-state index in [-0.39, 0.29) is 11.4 Å². The fourth-order valence-electron chi connectivity index (χ4n) is 2.32. The van der Waals surface area contributed by atoms with Gasteiger partial charge >= 0.3 is 6.03 Å². The van der Waals surface area contributed by atoms with Crippen molar-refractivity contribution in [3.8, 4) is 22.4 Å². The van der Waals surface area contributed by atoms with Crippen molar-refractivity contribution in [2.75, 3.05) is 5.32 Å². The Morgan fingerprint density at radius 3 is 2.48 bits per heavy atom. The van der Waals surface area contributed by atoms with Crippen LogP contribution in [0.5, 0.6) is 0 Å². The van der Waals surface area contributed by atoms with Crippen LogP contribution >= 0.6 is 0 Å². The van der Waals surface area contributed by atoms with Gasteiger partial charge in [0.05, 0.1) is 18.1 Å². The summed E-state index contributed by atoms with van der Waals surface area (Å²) in [5.74, 6) is -0.490.